The summed E-state index contributed by atoms with van der Waals surface area (Å²) in [5, 5.41) is 12.3. The van der Waals surface area contributed by atoms with Crippen molar-refractivity contribution in [1.82, 2.24) is 20.3 Å². The number of nitrogens with zero attached hydrogens (tertiary/aromatic N) is 4. The third kappa shape index (κ3) is 2.86. The number of hydrogen-bond acceptors (Lipinski definition) is 6. The number of carbonyl (C=O) groups is 1. The highest BCUT2D eigenvalue weighted by molar-refractivity contribution is 7.98. The smallest absolute Gasteiger partial charge is 0.279 e. The Labute approximate surface area is 165 Å². The Bertz CT molecular complexity index is 1170. The van der Waals surface area contributed by atoms with Crippen LogP contribution >= 0.6 is 11.8 Å². The number of aromatic nitrogens is 4. The number of rotatable bonds is 4. The molecule has 1 unspecified atom stereocenters. The summed E-state index contributed by atoms with van der Waals surface area (Å²) in [5.41, 5.74) is 2.44. The van der Waals surface area contributed by atoms with Crippen molar-refractivity contribution in [2.24, 2.45) is 0 Å². The Morgan fingerprint density at radius 3 is 3.00 bits per heavy atom. The van der Waals surface area contributed by atoms with Gasteiger partial charge in [0.15, 0.2) is 11.5 Å². The molecule has 0 spiro atoms. The summed E-state index contributed by atoms with van der Waals surface area (Å²) in [7, 11) is 0. The quantitative estimate of drug-likeness (QED) is 0.532. The highest BCUT2D eigenvalue weighted by atomic mass is 32.2. The lowest BCUT2D eigenvalue weighted by molar-refractivity contribution is -0.117. The summed E-state index contributed by atoms with van der Waals surface area (Å²) < 4.78 is 5.47. The van der Waals surface area contributed by atoms with Gasteiger partial charge in [-0.25, -0.2) is 0 Å². The van der Waals surface area contributed by atoms with Crippen LogP contribution in [0.2, 0.25) is 0 Å². The van der Waals surface area contributed by atoms with E-state index < -0.39 is 0 Å². The molecule has 0 radical (unpaired) electrons. The minimum atomic E-state index is -0.104. The van der Waals surface area contributed by atoms with Gasteiger partial charge >= 0.3 is 0 Å². The summed E-state index contributed by atoms with van der Waals surface area (Å²) in [6, 6.07) is 15.8. The van der Waals surface area contributed by atoms with Gasteiger partial charge in [-0.3, -0.25) is 9.89 Å². The van der Waals surface area contributed by atoms with Crippen LogP contribution in [0.4, 0.5) is 5.69 Å². The number of hydrogen-bond donors (Lipinski definition) is 1. The maximum Gasteiger partial charge on any atom is 0.279 e. The third-order valence-electron chi connectivity index (χ3n) is 4.97. The van der Waals surface area contributed by atoms with Crippen molar-refractivity contribution in [1.29, 1.82) is 0 Å². The number of carbonyl (C=O) groups excluding carboxylic acids is 1. The Hall–Kier alpha value is -3.13. The van der Waals surface area contributed by atoms with Gasteiger partial charge in [0.1, 0.15) is 0 Å². The number of benzene rings is 2. The number of aromatic amines is 1. The number of amides is 1. The number of anilines is 1. The predicted octanol–water partition coefficient (Wildman–Crippen LogP) is 3.86. The number of fused-ring (bicyclic) bond motifs is 1. The van der Waals surface area contributed by atoms with Crippen LogP contribution < -0.4 is 4.90 Å². The molecular formula is C20H17N5O2S. The first-order valence-electron chi connectivity index (χ1n) is 8.94. The van der Waals surface area contributed by atoms with Gasteiger partial charge < -0.3 is 9.42 Å². The fraction of sp³-hybridized carbons (Fsp3) is 0.200. The molecule has 28 heavy (non-hydrogen) atoms. The van der Waals surface area contributed by atoms with Crippen LogP contribution in [0.1, 0.15) is 18.2 Å². The van der Waals surface area contributed by atoms with Gasteiger partial charge in [0.2, 0.25) is 5.91 Å². The molecule has 1 saturated heterocycles. The maximum atomic E-state index is 12.6. The number of nitrogens with one attached hydrogen (secondary N) is 1. The van der Waals surface area contributed by atoms with Gasteiger partial charge in [-0.15, -0.1) is 11.8 Å². The number of H-pyrrole nitrogens is 1. The Morgan fingerprint density at radius 1 is 1.21 bits per heavy atom. The highest BCUT2D eigenvalue weighted by Gasteiger charge is 2.35. The van der Waals surface area contributed by atoms with Crippen LogP contribution in [0.5, 0.6) is 0 Å². The largest absolute Gasteiger partial charge is 0.332 e. The standard InChI is InChI=1S/C20H17N5O2S/c1-28-14-6-4-5-13(10-14)25-11-12(9-17(25)26)19-21-20(27-24-19)18-15-7-2-3-8-16(15)22-23-18/h2-8,10,12H,9,11H2,1H3,(H,22,23). The molecule has 1 aliphatic heterocycles. The second-order valence-corrected chi connectivity index (χ2v) is 7.56. The molecule has 8 heteroatoms. The zero-order valence-corrected chi connectivity index (χ0v) is 15.9. The van der Waals surface area contributed by atoms with Crippen molar-refractivity contribution < 1.29 is 9.32 Å². The minimum Gasteiger partial charge on any atom is -0.332 e. The molecule has 0 bridgehead atoms. The predicted molar refractivity (Wildman–Crippen MR) is 107 cm³/mol. The normalized spacial score (nSPS) is 17.0. The van der Waals surface area contributed by atoms with E-state index in [0.717, 1.165) is 21.5 Å². The Kier molecular flexibility index (Phi) is 4.12. The second-order valence-electron chi connectivity index (χ2n) is 6.68. The average molecular weight is 391 g/mol. The van der Waals surface area contributed by atoms with Gasteiger partial charge in [-0.2, -0.15) is 10.1 Å². The van der Waals surface area contributed by atoms with E-state index in [9.17, 15) is 4.79 Å². The average Bonchev–Trinajstić information content (AvgIpc) is 3.45. The Balaban J connectivity index is 1.41. The van der Waals surface area contributed by atoms with Crippen molar-refractivity contribution >= 4 is 34.3 Å². The first kappa shape index (κ1) is 17.0. The molecule has 2 aromatic heterocycles. The van der Waals surface area contributed by atoms with E-state index >= 15 is 0 Å². The lowest BCUT2D eigenvalue weighted by atomic mass is 10.1. The van der Waals surface area contributed by atoms with E-state index in [2.05, 4.69) is 20.3 Å². The molecule has 4 aromatic rings. The minimum absolute atomic E-state index is 0.0693. The summed E-state index contributed by atoms with van der Waals surface area (Å²) in [6.07, 6.45) is 2.39. The van der Waals surface area contributed by atoms with Crippen LogP contribution in [-0.4, -0.2) is 39.0 Å². The zero-order valence-electron chi connectivity index (χ0n) is 15.1. The van der Waals surface area contributed by atoms with Crippen molar-refractivity contribution in [3.63, 3.8) is 0 Å². The number of thioether (sulfide) groups is 1. The van der Waals surface area contributed by atoms with Gasteiger partial charge in [-0.1, -0.05) is 29.4 Å². The van der Waals surface area contributed by atoms with Crippen LogP contribution in [0.15, 0.2) is 57.9 Å². The lowest BCUT2D eigenvalue weighted by Crippen LogP contribution is -2.24. The first-order valence-corrected chi connectivity index (χ1v) is 10.2. The fourth-order valence-electron chi connectivity index (χ4n) is 3.53. The van der Waals surface area contributed by atoms with Crippen molar-refractivity contribution in [2.45, 2.75) is 17.2 Å². The Morgan fingerprint density at radius 2 is 2.11 bits per heavy atom. The molecule has 140 valence electrons. The van der Waals surface area contributed by atoms with Crippen molar-refractivity contribution in [3.8, 4) is 11.6 Å². The molecule has 0 saturated carbocycles. The molecule has 1 fully saturated rings. The summed E-state index contributed by atoms with van der Waals surface area (Å²) in [6.45, 7) is 0.539. The van der Waals surface area contributed by atoms with Crippen molar-refractivity contribution in [3.05, 3.63) is 54.4 Å². The van der Waals surface area contributed by atoms with Crippen LogP contribution in [0.3, 0.4) is 0 Å². The molecule has 1 amide bonds. The molecule has 0 aliphatic carbocycles. The monoisotopic (exact) mass is 391 g/mol. The topological polar surface area (TPSA) is 87.9 Å². The molecule has 7 nitrogen and oxygen atoms in total. The van der Waals surface area contributed by atoms with Crippen molar-refractivity contribution in [2.75, 3.05) is 17.7 Å². The zero-order chi connectivity index (χ0) is 19.1. The fourth-order valence-corrected chi connectivity index (χ4v) is 3.99. The molecule has 1 aliphatic rings. The van der Waals surface area contributed by atoms with Crippen LogP contribution in [0, 0.1) is 0 Å². The second kappa shape index (κ2) is 6.79. The molecule has 5 rings (SSSR count). The van der Waals surface area contributed by atoms with E-state index in [-0.39, 0.29) is 11.8 Å². The first-order chi connectivity index (χ1) is 13.7. The molecule has 1 atom stereocenters. The third-order valence-corrected chi connectivity index (χ3v) is 5.70. The highest BCUT2D eigenvalue weighted by Crippen LogP contribution is 2.33. The number of para-hydroxylation sites is 1. The lowest BCUT2D eigenvalue weighted by Gasteiger charge is -2.16. The molecule has 3 heterocycles. The van der Waals surface area contributed by atoms with Crippen LogP contribution in [-0.2, 0) is 4.79 Å². The van der Waals surface area contributed by atoms with E-state index in [1.54, 1.807) is 16.7 Å². The van der Waals surface area contributed by atoms with Gasteiger partial charge in [0.05, 0.1) is 5.52 Å². The molecular weight excluding hydrogens is 374 g/mol. The van der Waals surface area contributed by atoms with Gasteiger partial charge in [0.25, 0.3) is 5.89 Å². The maximum absolute atomic E-state index is 12.6. The van der Waals surface area contributed by atoms with Gasteiger partial charge in [0, 0.05) is 34.9 Å². The summed E-state index contributed by atoms with van der Waals surface area (Å²) >= 11 is 1.66. The van der Waals surface area contributed by atoms with Gasteiger partial charge in [-0.05, 0) is 30.5 Å². The summed E-state index contributed by atoms with van der Waals surface area (Å²) in [4.78, 5) is 20.0. The SMILES string of the molecule is CSc1cccc(N2CC(c3noc(-c4n[nH]c5ccccc45)n3)CC2=O)c1. The van der Waals surface area contributed by atoms with E-state index in [4.69, 9.17) is 4.52 Å². The molecule has 1 N–H and O–H groups in total. The van der Waals surface area contributed by atoms with Crippen LogP contribution in [0.25, 0.3) is 22.5 Å². The van der Waals surface area contributed by atoms with E-state index in [1.807, 2.05) is 54.8 Å². The van der Waals surface area contributed by atoms with E-state index in [1.165, 1.54) is 0 Å². The molecule has 2 aromatic carbocycles. The summed E-state index contributed by atoms with van der Waals surface area (Å²) in [5.74, 6) is 0.870. The van der Waals surface area contributed by atoms with E-state index in [0.29, 0.717) is 30.4 Å².